The average Bonchev–Trinajstić information content (AvgIpc) is 3.20. The molecule has 170 valence electrons. The number of nitrogens with zero attached hydrogens (tertiary/aromatic N) is 2. The zero-order valence-electron chi connectivity index (χ0n) is 18.8. The van der Waals surface area contributed by atoms with Gasteiger partial charge in [0, 0.05) is 10.5 Å². The second-order valence-electron chi connectivity index (χ2n) is 7.14. The molecule has 33 heavy (non-hydrogen) atoms. The third-order valence-corrected chi connectivity index (χ3v) is 6.05. The Hall–Kier alpha value is -3.65. The number of hydrogen-bond acceptors (Lipinski definition) is 6. The van der Waals surface area contributed by atoms with Gasteiger partial charge in [-0.25, -0.2) is 9.07 Å². The van der Waals surface area contributed by atoms with E-state index in [1.165, 1.54) is 12.1 Å². The van der Waals surface area contributed by atoms with E-state index in [0.29, 0.717) is 34.4 Å². The van der Waals surface area contributed by atoms with Crippen molar-refractivity contribution < 1.29 is 18.6 Å². The lowest BCUT2D eigenvalue weighted by atomic mass is 10.00. The smallest absolute Gasteiger partial charge is 0.203 e. The number of ether oxygens (including phenoxy) is 3. The van der Waals surface area contributed by atoms with Gasteiger partial charge < -0.3 is 19.9 Å². The van der Waals surface area contributed by atoms with Crippen LogP contribution in [0.25, 0.3) is 28.1 Å². The monoisotopic (exact) mass is 465 g/mol. The van der Waals surface area contributed by atoms with Crippen LogP contribution in [0, 0.1) is 5.82 Å². The molecule has 2 N–H and O–H groups in total. The van der Waals surface area contributed by atoms with Crippen LogP contribution in [0.3, 0.4) is 0 Å². The number of aromatic nitrogens is 2. The number of anilines is 1. The van der Waals surface area contributed by atoms with Crippen LogP contribution < -0.4 is 19.9 Å². The highest BCUT2D eigenvalue weighted by Gasteiger charge is 2.23. The summed E-state index contributed by atoms with van der Waals surface area (Å²) < 4.78 is 31.7. The normalized spacial score (nSPS) is 10.8. The molecule has 0 aliphatic carbocycles. The maximum Gasteiger partial charge on any atom is 0.203 e. The molecular formula is C25H24FN3O3S. The van der Waals surface area contributed by atoms with Gasteiger partial charge in [0.2, 0.25) is 5.75 Å². The fourth-order valence-electron chi connectivity index (χ4n) is 3.67. The van der Waals surface area contributed by atoms with E-state index in [2.05, 4.69) is 0 Å². The zero-order chi connectivity index (χ0) is 23.5. The van der Waals surface area contributed by atoms with Crippen LogP contribution in [-0.2, 0) is 0 Å². The predicted molar refractivity (Wildman–Crippen MR) is 130 cm³/mol. The fraction of sp³-hybridized carbons (Fsp3) is 0.160. The SMILES string of the molecule is COc1cc(-c2nn(-c3ccc(F)cc3)c(N)c2-c2ccc(SC)cc2)cc(OC)c1OC. The first-order valence-electron chi connectivity index (χ1n) is 10.1. The highest BCUT2D eigenvalue weighted by Crippen LogP contribution is 2.44. The van der Waals surface area contributed by atoms with Crippen molar-refractivity contribution in [1.29, 1.82) is 0 Å². The zero-order valence-corrected chi connectivity index (χ0v) is 19.6. The quantitative estimate of drug-likeness (QED) is 0.354. The molecule has 0 radical (unpaired) electrons. The molecule has 0 fully saturated rings. The van der Waals surface area contributed by atoms with Gasteiger partial charge in [-0.15, -0.1) is 11.8 Å². The Morgan fingerprint density at radius 2 is 1.45 bits per heavy atom. The van der Waals surface area contributed by atoms with Gasteiger partial charge in [0.1, 0.15) is 17.3 Å². The van der Waals surface area contributed by atoms with Crippen LogP contribution in [0.15, 0.2) is 65.6 Å². The van der Waals surface area contributed by atoms with Crippen LogP contribution in [-0.4, -0.2) is 37.4 Å². The molecule has 3 aromatic carbocycles. The summed E-state index contributed by atoms with van der Waals surface area (Å²) in [6.45, 7) is 0. The maximum atomic E-state index is 13.5. The number of benzene rings is 3. The van der Waals surface area contributed by atoms with Gasteiger partial charge in [0.25, 0.3) is 0 Å². The van der Waals surface area contributed by atoms with E-state index in [1.807, 2.05) is 42.7 Å². The topological polar surface area (TPSA) is 71.5 Å². The van der Waals surface area contributed by atoms with E-state index in [9.17, 15) is 4.39 Å². The van der Waals surface area contributed by atoms with Crippen LogP contribution in [0.4, 0.5) is 10.2 Å². The molecule has 0 spiro atoms. The first kappa shape index (κ1) is 22.5. The summed E-state index contributed by atoms with van der Waals surface area (Å²) >= 11 is 1.66. The summed E-state index contributed by atoms with van der Waals surface area (Å²) in [7, 11) is 4.68. The van der Waals surface area contributed by atoms with E-state index >= 15 is 0 Å². The second-order valence-corrected chi connectivity index (χ2v) is 8.02. The Balaban J connectivity index is 1.98. The minimum absolute atomic E-state index is 0.331. The van der Waals surface area contributed by atoms with E-state index in [4.69, 9.17) is 25.0 Å². The summed E-state index contributed by atoms with van der Waals surface area (Å²) in [5, 5.41) is 4.82. The molecule has 0 aliphatic rings. The van der Waals surface area contributed by atoms with Gasteiger partial charge in [-0.3, -0.25) is 0 Å². The van der Waals surface area contributed by atoms with Crippen molar-refractivity contribution in [2.75, 3.05) is 33.3 Å². The van der Waals surface area contributed by atoms with Crippen molar-refractivity contribution in [2.24, 2.45) is 0 Å². The number of halogens is 1. The summed E-state index contributed by atoms with van der Waals surface area (Å²) in [5.74, 6) is 1.60. The fourth-order valence-corrected chi connectivity index (χ4v) is 4.08. The Labute approximate surface area is 196 Å². The van der Waals surface area contributed by atoms with E-state index in [0.717, 1.165) is 21.6 Å². The molecule has 0 saturated carbocycles. The number of hydrogen-bond donors (Lipinski definition) is 1. The second kappa shape index (κ2) is 9.46. The van der Waals surface area contributed by atoms with Crippen molar-refractivity contribution in [3.8, 4) is 45.3 Å². The Morgan fingerprint density at radius 3 is 1.97 bits per heavy atom. The van der Waals surface area contributed by atoms with Gasteiger partial charge in [0.15, 0.2) is 11.5 Å². The van der Waals surface area contributed by atoms with Crippen molar-refractivity contribution in [3.05, 3.63) is 66.5 Å². The molecule has 0 atom stereocenters. The molecule has 4 aromatic rings. The third-order valence-electron chi connectivity index (χ3n) is 5.31. The Morgan fingerprint density at radius 1 is 0.848 bits per heavy atom. The molecule has 0 bridgehead atoms. The first-order chi connectivity index (χ1) is 16.0. The number of thioether (sulfide) groups is 1. The molecule has 0 aliphatic heterocycles. The molecule has 1 heterocycles. The molecule has 1 aromatic heterocycles. The first-order valence-corrected chi connectivity index (χ1v) is 11.3. The maximum absolute atomic E-state index is 13.5. The Kier molecular flexibility index (Phi) is 6.46. The average molecular weight is 466 g/mol. The van der Waals surface area contributed by atoms with Crippen molar-refractivity contribution in [2.45, 2.75) is 4.90 Å². The number of rotatable bonds is 7. The van der Waals surface area contributed by atoms with Gasteiger partial charge in [-0.05, 0) is 60.4 Å². The predicted octanol–water partition coefficient (Wildman–Crippen LogP) is 5.68. The minimum atomic E-state index is -0.331. The van der Waals surface area contributed by atoms with Crippen molar-refractivity contribution >= 4 is 17.6 Å². The van der Waals surface area contributed by atoms with Gasteiger partial charge in [-0.2, -0.15) is 5.10 Å². The largest absolute Gasteiger partial charge is 0.493 e. The van der Waals surface area contributed by atoms with Crippen LogP contribution in [0.1, 0.15) is 0 Å². The summed E-state index contributed by atoms with van der Waals surface area (Å²) in [5.41, 5.74) is 10.3. The lowest BCUT2D eigenvalue weighted by Gasteiger charge is -2.14. The highest BCUT2D eigenvalue weighted by molar-refractivity contribution is 7.98. The summed E-state index contributed by atoms with van der Waals surface area (Å²) in [6.07, 6.45) is 2.03. The Bertz CT molecular complexity index is 1250. The van der Waals surface area contributed by atoms with E-state index in [1.54, 1.807) is 49.9 Å². The van der Waals surface area contributed by atoms with Crippen molar-refractivity contribution in [3.63, 3.8) is 0 Å². The number of nitrogens with two attached hydrogens (primary N) is 1. The van der Waals surface area contributed by atoms with Crippen LogP contribution in [0.5, 0.6) is 17.2 Å². The van der Waals surface area contributed by atoms with Gasteiger partial charge >= 0.3 is 0 Å². The number of nitrogen functional groups attached to an aromatic ring is 1. The molecule has 0 saturated heterocycles. The van der Waals surface area contributed by atoms with Crippen molar-refractivity contribution in [1.82, 2.24) is 9.78 Å². The molecule has 0 amide bonds. The molecule has 4 rings (SSSR count). The van der Waals surface area contributed by atoms with Gasteiger partial charge in [0.05, 0.1) is 32.6 Å². The minimum Gasteiger partial charge on any atom is -0.493 e. The highest BCUT2D eigenvalue weighted by atomic mass is 32.2. The molecule has 0 unspecified atom stereocenters. The van der Waals surface area contributed by atoms with E-state index < -0.39 is 0 Å². The molecular weight excluding hydrogens is 441 g/mol. The summed E-state index contributed by atoms with van der Waals surface area (Å²) in [6, 6.07) is 17.8. The van der Waals surface area contributed by atoms with E-state index in [-0.39, 0.29) is 5.82 Å². The molecule has 8 heteroatoms. The summed E-state index contributed by atoms with van der Waals surface area (Å²) in [4.78, 5) is 1.14. The lowest BCUT2D eigenvalue weighted by Crippen LogP contribution is -2.02. The lowest BCUT2D eigenvalue weighted by molar-refractivity contribution is 0.324. The third kappa shape index (κ3) is 4.21. The standard InChI is InChI=1S/C25H24FN3O3S/c1-30-20-13-16(14-21(31-2)24(20)32-3)23-22(15-5-11-19(33-4)12-6-15)25(27)29(28-23)18-9-7-17(26)8-10-18/h5-14H,27H2,1-4H3. The van der Waals surface area contributed by atoms with Crippen LogP contribution in [0.2, 0.25) is 0 Å². The van der Waals surface area contributed by atoms with Gasteiger partial charge in [-0.1, -0.05) is 12.1 Å². The number of methoxy groups -OCH3 is 3. The molecule has 6 nitrogen and oxygen atoms in total. The van der Waals surface area contributed by atoms with Crippen LogP contribution >= 0.6 is 11.8 Å².